The lowest BCUT2D eigenvalue weighted by molar-refractivity contribution is -0.137. The van der Waals surface area contributed by atoms with E-state index in [4.69, 9.17) is 4.74 Å². The van der Waals surface area contributed by atoms with Crippen LogP contribution in [0.2, 0.25) is 0 Å². The molecule has 3 rings (SSSR count). The van der Waals surface area contributed by atoms with Crippen molar-refractivity contribution in [2.45, 2.75) is 39.2 Å². The highest BCUT2D eigenvalue weighted by Gasteiger charge is 2.46. The van der Waals surface area contributed by atoms with E-state index < -0.39 is 0 Å². The summed E-state index contributed by atoms with van der Waals surface area (Å²) in [6.45, 7) is 7.32. The molecule has 2 aliphatic heterocycles. The van der Waals surface area contributed by atoms with Gasteiger partial charge in [0.25, 0.3) is 0 Å². The van der Waals surface area contributed by atoms with Crippen molar-refractivity contribution in [3.63, 3.8) is 0 Å². The third-order valence-corrected chi connectivity index (χ3v) is 6.18. The van der Waals surface area contributed by atoms with Gasteiger partial charge in [-0.15, -0.1) is 11.3 Å². The van der Waals surface area contributed by atoms with Gasteiger partial charge in [-0.3, -0.25) is 9.69 Å². The van der Waals surface area contributed by atoms with Crippen LogP contribution < -0.4 is 0 Å². The second-order valence-corrected chi connectivity index (χ2v) is 7.77. The summed E-state index contributed by atoms with van der Waals surface area (Å²) >= 11 is 1.74. The van der Waals surface area contributed by atoms with Crippen LogP contribution in [0.5, 0.6) is 0 Å². The van der Waals surface area contributed by atoms with Crippen molar-refractivity contribution in [2.75, 3.05) is 39.9 Å². The Hall–Kier alpha value is -0.980. The van der Waals surface area contributed by atoms with Gasteiger partial charge in [-0.25, -0.2) is 4.98 Å². The van der Waals surface area contributed by atoms with Gasteiger partial charge < -0.3 is 9.64 Å². The number of carbonyl (C=O) groups excluding carboxylic acids is 1. The summed E-state index contributed by atoms with van der Waals surface area (Å²) in [6, 6.07) is 0. The number of ether oxygens (including phenoxy) is 1. The molecule has 5 nitrogen and oxygen atoms in total. The molecule has 0 aromatic carbocycles. The molecule has 2 saturated heterocycles. The van der Waals surface area contributed by atoms with Crippen LogP contribution in [0.4, 0.5) is 0 Å². The Kier molecular flexibility index (Phi) is 5.34. The minimum absolute atomic E-state index is 0.110. The van der Waals surface area contributed by atoms with Crippen LogP contribution in [0.15, 0.2) is 5.38 Å². The Labute approximate surface area is 142 Å². The first-order chi connectivity index (χ1) is 11.1. The maximum atomic E-state index is 12.9. The number of hydrogen-bond donors (Lipinski definition) is 0. The minimum atomic E-state index is -0.110. The normalized spacial score (nSPS) is 26.2. The number of methoxy groups -OCH3 is 1. The van der Waals surface area contributed by atoms with Crippen LogP contribution in [0.3, 0.4) is 0 Å². The molecule has 0 aliphatic carbocycles. The molecule has 3 heterocycles. The van der Waals surface area contributed by atoms with Crippen LogP contribution in [0.25, 0.3) is 0 Å². The molecule has 2 aliphatic rings. The first kappa shape index (κ1) is 16.9. The van der Waals surface area contributed by atoms with Gasteiger partial charge in [0, 0.05) is 31.3 Å². The summed E-state index contributed by atoms with van der Waals surface area (Å²) in [5.41, 5.74) is 0.998. The van der Waals surface area contributed by atoms with Crippen LogP contribution in [-0.4, -0.2) is 60.6 Å². The molecule has 1 spiro atoms. The van der Waals surface area contributed by atoms with Crippen molar-refractivity contribution in [3.8, 4) is 0 Å². The van der Waals surface area contributed by atoms with Gasteiger partial charge in [0.2, 0.25) is 5.91 Å². The molecule has 128 valence electrons. The molecular weight excluding hydrogens is 310 g/mol. The van der Waals surface area contributed by atoms with Crippen molar-refractivity contribution in [1.82, 2.24) is 14.8 Å². The van der Waals surface area contributed by atoms with Crippen LogP contribution in [0, 0.1) is 12.3 Å². The Morgan fingerprint density at radius 3 is 2.87 bits per heavy atom. The SMILES string of the molecule is COCCN1CCC2(CCCN(Cc3nc(C)cs3)CC2)C1=O. The lowest BCUT2D eigenvalue weighted by Crippen LogP contribution is -2.37. The van der Waals surface area contributed by atoms with Crippen LogP contribution in [0.1, 0.15) is 36.4 Å². The van der Waals surface area contributed by atoms with Gasteiger partial charge in [-0.1, -0.05) is 0 Å². The van der Waals surface area contributed by atoms with E-state index in [1.807, 2.05) is 11.8 Å². The van der Waals surface area contributed by atoms with Crippen LogP contribution in [-0.2, 0) is 16.1 Å². The summed E-state index contributed by atoms with van der Waals surface area (Å²) < 4.78 is 5.13. The summed E-state index contributed by atoms with van der Waals surface area (Å²) in [4.78, 5) is 21.9. The fourth-order valence-corrected chi connectivity index (χ4v) is 4.66. The lowest BCUT2D eigenvalue weighted by Gasteiger charge is -2.26. The van der Waals surface area contributed by atoms with Crippen molar-refractivity contribution in [1.29, 1.82) is 0 Å². The van der Waals surface area contributed by atoms with E-state index in [2.05, 4.69) is 15.3 Å². The van der Waals surface area contributed by atoms with Gasteiger partial charge >= 0.3 is 0 Å². The van der Waals surface area contributed by atoms with Gasteiger partial charge in [-0.2, -0.15) is 0 Å². The van der Waals surface area contributed by atoms with E-state index in [1.165, 1.54) is 5.01 Å². The number of nitrogens with zero attached hydrogens (tertiary/aromatic N) is 3. The molecule has 1 amide bonds. The Bertz CT molecular complexity index is 548. The number of thiazole rings is 1. The average Bonchev–Trinajstić information content (AvgIpc) is 2.99. The largest absolute Gasteiger partial charge is 0.383 e. The first-order valence-electron chi connectivity index (χ1n) is 8.55. The number of rotatable bonds is 5. The van der Waals surface area contributed by atoms with E-state index >= 15 is 0 Å². The van der Waals surface area contributed by atoms with Crippen LogP contribution >= 0.6 is 11.3 Å². The Morgan fingerprint density at radius 1 is 1.30 bits per heavy atom. The maximum Gasteiger partial charge on any atom is 0.228 e. The summed E-state index contributed by atoms with van der Waals surface area (Å²) in [5, 5.41) is 3.31. The standard InChI is InChI=1S/C17H27N3O2S/c1-14-13-23-15(18-14)12-19-7-3-4-17(5-8-19)6-9-20(16(17)21)10-11-22-2/h13H,3-12H2,1-2H3. The fourth-order valence-electron chi connectivity index (χ4n) is 3.85. The molecule has 2 fully saturated rings. The molecule has 0 N–H and O–H groups in total. The Morgan fingerprint density at radius 2 is 2.13 bits per heavy atom. The second-order valence-electron chi connectivity index (χ2n) is 6.83. The third-order valence-electron chi connectivity index (χ3n) is 5.23. The topological polar surface area (TPSA) is 45.7 Å². The summed E-state index contributed by atoms with van der Waals surface area (Å²) in [5.74, 6) is 0.362. The van der Waals surface area contributed by atoms with E-state index in [-0.39, 0.29) is 5.41 Å². The first-order valence-corrected chi connectivity index (χ1v) is 9.43. The number of carbonyl (C=O) groups is 1. The van der Waals surface area contributed by atoms with Crippen molar-refractivity contribution < 1.29 is 9.53 Å². The molecule has 1 unspecified atom stereocenters. The average molecular weight is 337 g/mol. The zero-order chi connectivity index (χ0) is 16.3. The molecule has 1 aromatic heterocycles. The van der Waals surface area contributed by atoms with Crippen molar-refractivity contribution in [2.24, 2.45) is 5.41 Å². The molecular formula is C17H27N3O2S. The molecule has 0 bridgehead atoms. The molecule has 23 heavy (non-hydrogen) atoms. The lowest BCUT2D eigenvalue weighted by atomic mass is 9.79. The minimum Gasteiger partial charge on any atom is -0.383 e. The van der Waals surface area contributed by atoms with Gasteiger partial charge in [-0.05, 0) is 45.7 Å². The summed E-state index contributed by atoms with van der Waals surface area (Å²) in [7, 11) is 1.69. The monoisotopic (exact) mass is 337 g/mol. The zero-order valence-corrected chi connectivity index (χ0v) is 15.0. The summed E-state index contributed by atoms with van der Waals surface area (Å²) in [6.07, 6.45) is 4.14. The highest BCUT2D eigenvalue weighted by atomic mass is 32.1. The molecule has 0 radical (unpaired) electrons. The van der Waals surface area contributed by atoms with Crippen molar-refractivity contribution >= 4 is 17.2 Å². The number of aryl methyl sites for hydroxylation is 1. The van der Waals surface area contributed by atoms with Gasteiger partial charge in [0.15, 0.2) is 0 Å². The maximum absolute atomic E-state index is 12.9. The second kappa shape index (κ2) is 7.28. The van der Waals surface area contributed by atoms with E-state index in [0.717, 1.165) is 64.1 Å². The fraction of sp³-hybridized carbons (Fsp3) is 0.765. The highest BCUT2D eigenvalue weighted by Crippen LogP contribution is 2.41. The smallest absolute Gasteiger partial charge is 0.228 e. The Balaban J connectivity index is 1.58. The predicted molar refractivity (Wildman–Crippen MR) is 91.5 cm³/mol. The zero-order valence-electron chi connectivity index (χ0n) is 14.2. The number of amides is 1. The quantitative estimate of drug-likeness (QED) is 0.827. The number of likely N-dealkylation sites (tertiary alicyclic amines) is 2. The molecule has 1 aromatic rings. The number of hydrogen-bond acceptors (Lipinski definition) is 5. The number of aromatic nitrogens is 1. The van der Waals surface area contributed by atoms with Gasteiger partial charge in [0.1, 0.15) is 5.01 Å². The van der Waals surface area contributed by atoms with Gasteiger partial charge in [0.05, 0.1) is 18.6 Å². The molecule has 0 saturated carbocycles. The van der Waals surface area contributed by atoms with E-state index in [9.17, 15) is 4.79 Å². The predicted octanol–water partition coefficient (Wildman–Crippen LogP) is 2.30. The third kappa shape index (κ3) is 3.75. The highest BCUT2D eigenvalue weighted by molar-refractivity contribution is 7.09. The van der Waals surface area contributed by atoms with Crippen molar-refractivity contribution in [3.05, 3.63) is 16.1 Å². The van der Waals surface area contributed by atoms with E-state index in [1.54, 1.807) is 18.4 Å². The molecule has 6 heteroatoms. The molecule has 1 atom stereocenters. The van der Waals surface area contributed by atoms with E-state index in [0.29, 0.717) is 12.5 Å².